The Labute approximate surface area is 166 Å². The zero-order chi connectivity index (χ0) is 19.1. The van der Waals surface area contributed by atoms with E-state index in [0.29, 0.717) is 24.7 Å². The van der Waals surface area contributed by atoms with E-state index in [4.69, 9.17) is 0 Å². The monoisotopic (exact) mass is 390 g/mol. The smallest absolute Gasteiger partial charge is 0.0986 e. The molecule has 0 saturated heterocycles. The summed E-state index contributed by atoms with van der Waals surface area (Å²) < 4.78 is 0. The minimum absolute atomic E-state index is 0.133. The van der Waals surface area contributed by atoms with Gasteiger partial charge in [0.05, 0.1) is 17.3 Å². The molecule has 3 nitrogen and oxygen atoms in total. The summed E-state index contributed by atoms with van der Waals surface area (Å²) >= 11 is 1.63. The van der Waals surface area contributed by atoms with E-state index in [1.807, 2.05) is 5.38 Å². The first-order valence-corrected chi connectivity index (χ1v) is 11.8. The number of rotatable bonds is 1. The molecule has 3 N–H and O–H groups in total. The molecule has 0 spiro atoms. The molecule has 0 bridgehead atoms. The molecule has 4 aliphatic carbocycles. The van der Waals surface area contributed by atoms with Crippen molar-refractivity contribution in [1.82, 2.24) is 0 Å². The standard InChI is InChI=1S/C23H34O3S/c1-20-8-5-17(24)13-15(20)3-4-19-18(20)6-9-21(2)22(25,10-11-23(19,21)26)16-7-12-27-14-16/h7,12,14-15,17-19,24-26H,3-6,8-11,13H2,1-2H3/t15?,17?,18-,19-,20+,21-,22?,23-/m1/s1. The number of thiophene rings is 1. The zero-order valence-electron chi connectivity index (χ0n) is 16.7. The van der Waals surface area contributed by atoms with E-state index in [0.717, 1.165) is 50.5 Å². The van der Waals surface area contributed by atoms with Crippen LogP contribution in [0, 0.1) is 28.6 Å². The number of hydrogen-bond acceptors (Lipinski definition) is 4. The van der Waals surface area contributed by atoms with Crippen LogP contribution in [0.3, 0.4) is 0 Å². The molecule has 4 heteroatoms. The van der Waals surface area contributed by atoms with Gasteiger partial charge in [-0.15, -0.1) is 0 Å². The van der Waals surface area contributed by atoms with Gasteiger partial charge in [-0.05, 0) is 103 Å². The van der Waals surface area contributed by atoms with Crippen molar-refractivity contribution in [3.05, 3.63) is 22.4 Å². The minimum Gasteiger partial charge on any atom is -0.393 e. The van der Waals surface area contributed by atoms with Gasteiger partial charge in [0, 0.05) is 5.41 Å². The largest absolute Gasteiger partial charge is 0.393 e. The van der Waals surface area contributed by atoms with Crippen LogP contribution in [-0.4, -0.2) is 27.0 Å². The maximum absolute atomic E-state index is 12.2. The second-order valence-corrected chi connectivity index (χ2v) is 11.4. The summed E-state index contributed by atoms with van der Waals surface area (Å²) in [5.41, 5.74) is -0.920. The topological polar surface area (TPSA) is 60.7 Å². The van der Waals surface area contributed by atoms with Gasteiger partial charge in [-0.1, -0.05) is 13.8 Å². The first-order valence-electron chi connectivity index (χ1n) is 10.9. The average Bonchev–Trinajstić information content (AvgIpc) is 3.24. The maximum Gasteiger partial charge on any atom is 0.0986 e. The van der Waals surface area contributed by atoms with Gasteiger partial charge in [0.15, 0.2) is 0 Å². The van der Waals surface area contributed by atoms with Gasteiger partial charge in [0.2, 0.25) is 0 Å². The lowest BCUT2D eigenvalue weighted by Gasteiger charge is -2.64. The highest BCUT2D eigenvalue weighted by atomic mass is 32.1. The summed E-state index contributed by atoms with van der Waals surface area (Å²) in [5, 5.41) is 38.3. The Morgan fingerprint density at radius 2 is 1.78 bits per heavy atom. The Morgan fingerprint density at radius 1 is 0.963 bits per heavy atom. The van der Waals surface area contributed by atoms with Gasteiger partial charge in [-0.3, -0.25) is 0 Å². The van der Waals surface area contributed by atoms with Crippen molar-refractivity contribution < 1.29 is 15.3 Å². The Morgan fingerprint density at radius 3 is 2.52 bits per heavy atom. The summed E-state index contributed by atoms with van der Waals surface area (Å²) in [5.74, 6) is 1.39. The predicted molar refractivity (Wildman–Crippen MR) is 107 cm³/mol. The molecule has 0 aliphatic heterocycles. The second kappa shape index (κ2) is 5.81. The first-order chi connectivity index (χ1) is 12.7. The molecule has 3 unspecified atom stereocenters. The number of hydrogen-bond donors (Lipinski definition) is 3. The Hall–Kier alpha value is -0.420. The van der Waals surface area contributed by atoms with E-state index in [9.17, 15) is 15.3 Å². The molecule has 1 heterocycles. The lowest BCUT2D eigenvalue weighted by molar-refractivity contribution is -0.238. The van der Waals surface area contributed by atoms with Gasteiger partial charge in [-0.2, -0.15) is 11.3 Å². The molecule has 4 saturated carbocycles. The quantitative estimate of drug-likeness (QED) is 0.664. The van der Waals surface area contributed by atoms with E-state index in [-0.39, 0.29) is 17.4 Å². The van der Waals surface area contributed by atoms with Crippen LogP contribution in [0.1, 0.15) is 77.2 Å². The predicted octanol–water partition coefficient (Wildman–Crippen LogP) is 4.45. The van der Waals surface area contributed by atoms with Crippen molar-refractivity contribution in [2.45, 2.75) is 88.9 Å². The van der Waals surface area contributed by atoms with Crippen LogP contribution in [0.4, 0.5) is 0 Å². The van der Waals surface area contributed by atoms with E-state index in [2.05, 4.69) is 25.3 Å². The maximum atomic E-state index is 12.2. The Bertz CT molecular complexity index is 719. The SMILES string of the molecule is C[C@]12CCC(O)CC1CC[C@@H]1[C@H]2CC[C@]2(C)C(O)(c3ccsc3)CC[C@@]12O. The molecule has 1 aromatic rings. The molecule has 4 fully saturated rings. The van der Waals surface area contributed by atoms with Crippen LogP contribution in [0.15, 0.2) is 16.8 Å². The highest BCUT2D eigenvalue weighted by Gasteiger charge is 2.72. The van der Waals surface area contributed by atoms with Gasteiger partial charge in [-0.25, -0.2) is 0 Å². The average molecular weight is 391 g/mol. The minimum atomic E-state index is -0.909. The molecular weight excluding hydrogens is 356 g/mol. The van der Waals surface area contributed by atoms with Crippen LogP contribution in [-0.2, 0) is 5.60 Å². The highest BCUT2D eigenvalue weighted by molar-refractivity contribution is 7.08. The van der Waals surface area contributed by atoms with Crippen molar-refractivity contribution in [3.8, 4) is 0 Å². The summed E-state index contributed by atoms with van der Waals surface area (Å²) in [4.78, 5) is 0. The number of aliphatic hydroxyl groups excluding tert-OH is 1. The van der Waals surface area contributed by atoms with Crippen LogP contribution in [0.2, 0.25) is 0 Å². The van der Waals surface area contributed by atoms with E-state index < -0.39 is 16.6 Å². The van der Waals surface area contributed by atoms with Gasteiger partial charge in [0.1, 0.15) is 0 Å². The summed E-state index contributed by atoms with van der Waals surface area (Å²) in [7, 11) is 0. The van der Waals surface area contributed by atoms with Crippen LogP contribution in [0.5, 0.6) is 0 Å². The molecule has 1 aromatic heterocycles. The fourth-order valence-electron chi connectivity index (χ4n) is 8.18. The lowest BCUT2D eigenvalue weighted by atomic mass is 9.43. The molecule has 0 radical (unpaired) electrons. The summed E-state index contributed by atoms with van der Waals surface area (Å²) in [6.45, 7) is 4.60. The molecule has 150 valence electrons. The van der Waals surface area contributed by atoms with E-state index in [1.165, 1.54) is 0 Å². The molecular formula is C23H34O3S. The third-order valence-corrected chi connectivity index (χ3v) is 10.7. The van der Waals surface area contributed by atoms with Crippen molar-refractivity contribution in [2.75, 3.05) is 0 Å². The van der Waals surface area contributed by atoms with Gasteiger partial charge >= 0.3 is 0 Å². The van der Waals surface area contributed by atoms with Crippen molar-refractivity contribution in [3.63, 3.8) is 0 Å². The highest BCUT2D eigenvalue weighted by Crippen LogP contribution is 2.71. The normalized spacial score (nSPS) is 54.9. The molecule has 0 amide bonds. The van der Waals surface area contributed by atoms with Crippen LogP contribution in [0.25, 0.3) is 0 Å². The fourth-order valence-corrected chi connectivity index (χ4v) is 8.91. The van der Waals surface area contributed by atoms with E-state index in [1.54, 1.807) is 11.3 Å². The second-order valence-electron chi connectivity index (χ2n) is 10.6. The van der Waals surface area contributed by atoms with Gasteiger partial charge in [0.25, 0.3) is 0 Å². The Balaban J connectivity index is 1.52. The summed E-state index contributed by atoms with van der Waals surface area (Å²) in [6, 6.07) is 2.05. The third kappa shape index (κ3) is 2.19. The molecule has 27 heavy (non-hydrogen) atoms. The Kier molecular flexibility index (Phi) is 4.00. The van der Waals surface area contributed by atoms with E-state index >= 15 is 0 Å². The first kappa shape index (κ1) is 18.6. The van der Waals surface area contributed by atoms with Crippen LogP contribution >= 0.6 is 11.3 Å². The summed E-state index contributed by atoms with van der Waals surface area (Å²) in [6.07, 6.45) is 8.32. The van der Waals surface area contributed by atoms with Gasteiger partial charge < -0.3 is 15.3 Å². The van der Waals surface area contributed by atoms with Crippen molar-refractivity contribution in [1.29, 1.82) is 0 Å². The zero-order valence-corrected chi connectivity index (χ0v) is 17.5. The molecule has 8 atom stereocenters. The fraction of sp³-hybridized carbons (Fsp3) is 0.826. The van der Waals surface area contributed by atoms with Crippen molar-refractivity contribution in [2.24, 2.45) is 28.6 Å². The number of aliphatic hydroxyl groups is 3. The lowest BCUT2D eigenvalue weighted by Crippen LogP contribution is -2.64. The van der Waals surface area contributed by atoms with Crippen LogP contribution < -0.4 is 0 Å². The molecule has 4 aliphatic rings. The van der Waals surface area contributed by atoms with Crippen molar-refractivity contribution >= 4 is 11.3 Å². The molecule has 5 rings (SSSR count). The number of fused-ring (bicyclic) bond motifs is 5. The third-order valence-electron chi connectivity index (χ3n) is 9.97. The molecule has 0 aromatic carbocycles.